The standard InChI is InChI=1S/C18H39N3O2S/c1-7-9-11-16(10-8-2)14-20-17(19-5)21-15-18(3,4)12-13-24(6,22)23/h16H,7-15H2,1-6H3,(H2,19,20,21). The molecule has 6 heteroatoms. The molecule has 2 N–H and O–H groups in total. The molecule has 0 fully saturated rings. The zero-order chi connectivity index (χ0) is 18.6. The summed E-state index contributed by atoms with van der Waals surface area (Å²) in [6.07, 6.45) is 8.16. The van der Waals surface area contributed by atoms with Crippen LogP contribution in [-0.2, 0) is 9.84 Å². The van der Waals surface area contributed by atoms with Crippen LogP contribution in [-0.4, -0.2) is 46.5 Å². The van der Waals surface area contributed by atoms with Gasteiger partial charge in [0.1, 0.15) is 9.84 Å². The van der Waals surface area contributed by atoms with Crippen molar-refractivity contribution in [2.24, 2.45) is 16.3 Å². The van der Waals surface area contributed by atoms with Gasteiger partial charge in [0, 0.05) is 26.4 Å². The zero-order valence-corrected chi connectivity index (χ0v) is 17.4. The average molecular weight is 362 g/mol. The Morgan fingerprint density at radius 1 is 1.12 bits per heavy atom. The largest absolute Gasteiger partial charge is 0.356 e. The number of hydrogen-bond donors (Lipinski definition) is 2. The van der Waals surface area contributed by atoms with Crippen LogP contribution in [0.4, 0.5) is 0 Å². The number of aliphatic imine (C=N–C) groups is 1. The van der Waals surface area contributed by atoms with E-state index in [-0.39, 0.29) is 11.2 Å². The summed E-state index contributed by atoms with van der Waals surface area (Å²) in [5.41, 5.74) is -0.0915. The number of hydrogen-bond acceptors (Lipinski definition) is 3. The summed E-state index contributed by atoms with van der Waals surface area (Å²) in [5.74, 6) is 1.72. The number of unbranched alkanes of at least 4 members (excludes halogenated alkanes) is 1. The van der Waals surface area contributed by atoms with Crippen molar-refractivity contribution in [1.82, 2.24) is 10.6 Å². The van der Waals surface area contributed by atoms with Crippen molar-refractivity contribution in [2.75, 3.05) is 32.1 Å². The maximum Gasteiger partial charge on any atom is 0.191 e. The number of guanidine groups is 1. The van der Waals surface area contributed by atoms with Crippen molar-refractivity contribution in [3.05, 3.63) is 0 Å². The molecule has 0 radical (unpaired) electrons. The molecule has 144 valence electrons. The lowest BCUT2D eigenvalue weighted by molar-refractivity contribution is 0.347. The van der Waals surface area contributed by atoms with Crippen molar-refractivity contribution in [3.8, 4) is 0 Å². The Kier molecular flexibility index (Phi) is 11.3. The van der Waals surface area contributed by atoms with Crippen LogP contribution in [0.1, 0.15) is 66.2 Å². The molecule has 1 unspecified atom stereocenters. The molecule has 0 heterocycles. The number of rotatable bonds is 12. The molecule has 0 saturated carbocycles. The molecule has 0 aromatic heterocycles. The lowest BCUT2D eigenvalue weighted by Gasteiger charge is -2.26. The van der Waals surface area contributed by atoms with Gasteiger partial charge in [-0.25, -0.2) is 8.42 Å². The molecule has 1 atom stereocenters. The molecule has 0 aromatic rings. The molecule has 0 spiro atoms. The van der Waals surface area contributed by atoms with Crippen molar-refractivity contribution >= 4 is 15.8 Å². The normalized spacial score (nSPS) is 14.5. The molecule has 0 aliphatic rings. The highest BCUT2D eigenvalue weighted by molar-refractivity contribution is 7.90. The summed E-state index contributed by atoms with van der Waals surface area (Å²) in [6, 6.07) is 0. The minimum Gasteiger partial charge on any atom is -0.356 e. The van der Waals surface area contributed by atoms with Crippen molar-refractivity contribution < 1.29 is 8.42 Å². The Bertz CT molecular complexity index is 459. The molecule has 0 saturated heterocycles. The fourth-order valence-corrected chi connectivity index (χ4v) is 3.51. The highest BCUT2D eigenvalue weighted by atomic mass is 32.2. The van der Waals surface area contributed by atoms with E-state index in [1.165, 1.54) is 38.4 Å². The third-order valence-electron chi connectivity index (χ3n) is 4.33. The maximum absolute atomic E-state index is 11.3. The van der Waals surface area contributed by atoms with Gasteiger partial charge in [0.15, 0.2) is 5.96 Å². The molecule has 0 rings (SSSR count). The van der Waals surface area contributed by atoms with Gasteiger partial charge in [-0.1, -0.05) is 47.0 Å². The number of sulfone groups is 1. The second-order valence-electron chi connectivity index (χ2n) is 7.65. The summed E-state index contributed by atoms with van der Waals surface area (Å²) in [4.78, 5) is 4.29. The van der Waals surface area contributed by atoms with Gasteiger partial charge in [0.2, 0.25) is 0 Å². The number of nitrogens with zero attached hydrogens (tertiary/aromatic N) is 1. The molecule has 24 heavy (non-hydrogen) atoms. The van der Waals surface area contributed by atoms with E-state index in [4.69, 9.17) is 0 Å². The first-order chi connectivity index (χ1) is 11.1. The first-order valence-corrected chi connectivity index (χ1v) is 11.3. The lowest BCUT2D eigenvalue weighted by atomic mass is 9.90. The predicted molar refractivity (Wildman–Crippen MR) is 105 cm³/mol. The van der Waals surface area contributed by atoms with E-state index in [2.05, 4.69) is 43.3 Å². The first kappa shape index (κ1) is 23.2. The van der Waals surface area contributed by atoms with E-state index in [9.17, 15) is 8.42 Å². The molecular formula is C18H39N3O2S. The molecule has 0 aliphatic carbocycles. The van der Waals surface area contributed by atoms with Crippen LogP contribution >= 0.6 is 0 Å². The van der Waals surface area contributed by atoms with Gasteiger partial charge in [0.25, 0.3) is 0 Å². The smallest absolute Gasteiger partial charge is 0.191 e. The third-order valence-corrected chi connectivity index (χ3v) is 5.27. The van der Waals surface area contributed by atoms with Crippen LogP contribution in [0.25, 0.3) is 0 Å². The zero-order valence-electron chi connectivity index (χ0n) is 16.6. The Hall–Kier alpha value is -0.780. The maximum atomic E-state index is 11.3. The van der Waals surface area contributed by atoms with Crippen LogP contribution in [0.5, 0.6) is 0 Å². The van der Waals surface area contributed by atoms with Gasteiger partial charge in [-0.2, -0.15) is 0 Å². The minimum absolute atomic E-state index is 0.0915. The van der Waals surface area contributed by atoms with Gasteiger partial charge < -0.3 is 10.6 Å². The SMILES string of the molecule is CCCCC(CCC)CNC(=NC)NCC(C)(C)CCS(C)(=O)=O. The molecule has 0 bridgehead atoms. The van der Waals surface area contributed by atoms with Crippen LogP contribution in [0, 0.1) is 11.3 Å². The number of nitrogens with one attached hydrogen (secondary N) is 2. The predicted octanol–water partition coefficient (Wildman–Crippen LogP) is 3.22. The van der Waals surface area contributed by atoms with E-state index >= 15 is 0 Å². The summed E-state index contributed by atoms with van der Waals surface area (Å²) >= 11 is 0. The van der Waals surface area contributed by atoms with Crippen molar-refractivity contribution in [2.45, 2.75) is 66.2 Å². The van der Waals surface area contributed by atoms with E-state index in [1.54, 1.807) is 7.05 Å². The van der Waals surface area contributed by atoms with Crippen LogP contribution in [0.3, 0.4) is 0 Å². The Labute approximate surface area is 150 Å². The summed E-state index contributed by atoms with van der Waals surface area (Å²) in [7, 11) is -1.13. The molecule has 5 nitrogen and oxygen atoms in total. The Morgan fingerprint density at radius 3 is 2.29 bits per heavy atom. The van der Waals surface area contributed by atoms with E-state index < -0.39 is 9.84 Å². The van der Waals surface area contributed by atoms with Crippen LogP contribution in [0.2, 0.25) is 0 Å². The first-order valence-electron chi connectivity index (χ1n) is 9.25. The third kappa shape index (κ3) is 12.6. The highest BCUT2D eigenvalue weighted by Gasteiger charge is 2.20. The molecule has 0 amide bonds. The van der Waals surface area contributed by atoms with Gasteiger partial charge >= 0.3 is 0 Å². The monoisotopic (exact) mass is 361 g/mol. The molecular weight excluding hydrogens is 322 g/mol. The fraction of sp³-hybridized carbons (Fsp3) is 0.944. The van der Waals surface area contributed by atoms with Gasteiger partial charge in [-0.05, 0) is 30.6 Å². The molecule has 0 aliphatic heterocycles. The average Bonchev–Trinajstić information content (AvgIpc) is 2.50. The second kappa shape index (κ2) is 11.7. The van der Waals surface area contributed by atoms with Crippen molar-refractivity contribution in [1.29, 1.82) is 0 Å². The summed E-state index contributed by atoms with van der Waals surface area (Å²) < 4.78 is 22.7. The lowest BCUT2D eigenvalue weighted by Crippen LogP contribution is -2.44. The van der Waals surface area contributed by atoms with Crippen molar-refractivity contribution in [3.63, 3.8) is 0 Å². The summed E-state index contributed by atoms with van der Waals surface area (Å²) in [6.45, 7) is 10.3. The van der Waals surface area contributed by atoms with Gasteiger partial charge in [0.05, 0.1) is 5.75 Å². The second-order valence-corrected chi connectivity index (χ2v) is 9.91. The van der Waals surface area contributed by atoms with Crippen LogP contribution < -0.4 is 10.6 Å². The fourth-order valence-electron chi connectivity index (χ4n) is 2.58. The molecule has 0 aromatic carbocycles. The van der Waals surface area contributed by atoms with Gasteiger partial charge in [-0.15, -0.1) is 0 Å². The van der Waals surface area contributed by atoms with E-state index in [0.717, 1.165) is 12.5 Å². The quantitative estimate of drug-likeness (QED) is 0.414. The topological polar surface area (TPSA) is 70.6 Å². The van der Waals surface area contributed by atoms with E-state index in [1.807, 2.05) is 0 Å². The van der Waals surface area contributed by atoms with E-state index in [0.29, 0.717) is 18.9 Å². The van der Waals surface area contributed by atoms with Gasteiger partial charge in [-0.3, -0.25) is 4.99 Å². The Morgan fingerprint density at radius 2 is 1.79 bits per heavy atom. The summed E-state index contributed by atoms with van der Waals surface area (Å²) in [5, 5.41) is 6.77. The van der Waals surface area contributed by atoms with Crippen LogP contribution in [0.15, 0.2) is 4.99 Å². The Balaban J connectivity index is 4.35. The minimum atomic E-state index is -2.91. The highest BCUT2D eigenvalue weighted by Crippen LogP contribution is 2.19.